The Morgan fingerprint density at radius 3 is 2.48 bits per heavy atom. The number of benzene rings is 1. The zero-order valence-corrected chi connectivity index (χ0v) is 17.3. The summed E-state index contributed by atoms with van der Waals surface area (Å²) in [6, 6.07) is 15.6. The lowest BCUT2D eigenvalue weighted by molar-refractivity contribution is 0.0787. The van der Waals surface area contributed by atoms with Crippen molar-refractivity contribution in [1.29, 1.82) is 0 Å². The molecule has 29 heavy (non-hydrogen) atoms. The number of likely N-dealkylation sites (tertiary alicyclic amines) is 1. The Hall–Kier alpha value is -3.02. The Morgan fingerprint density at radius 2 is 1.76 bits per heavy atom. The fourth-order valence-corrected chi connectivity index (χ4v) is 3.35. The second-order valence-corrected chi connectivity index (χ2v) is 6.94. The average Bonchev–Trinajstić information content (AvgIpc) is 3.48. The lowest BCUT2D eigenvalue weighted by Gasteiger charge is -2.14. The van der Waals surface area contributed by atoms with Crippen molar-refractivity contribution in [2.45, 2.75) is 46.0 Å². The monoisotopic (exact) mass is 392 g/mol. The third-order valence-corrected chi connectivity index (χ3v) is 4.83. The first kappa shape index (κ1) is 20.7. The van der Waals surface area contributed by atoms with Gasteiger partial charge in [-0.05, 0) is 37.0 Å². The number of nitrogens with zero attached hydrogens (tertiary/aromatic N) is 4. The Bertz CT molecular complexity index is 917. The highest BCUT2D eigenvalue weighted by Crippen LogP contribution is 2.23. The molecule has 3 aromatic rings. The molecule has 1 aliphatic heterocycles. The first-order valence-electron chi connectivity index (χ1n) is 10.3. The van der Waals surface area contributed by atoms with Crippen LogP contribution in [0.3, 0.4) is 0 Å². The Kier molecular flexibility index (Phi) is 7.11. The second kappa shape index (κ2) is 9.96. The number of hydrogen-bond acceptors (Lipinski definition) is 5. The van der Waals surface area contributed by atoms with Gasteiger partial charge in [-0.15, -0.1) is 10.2 Å². The first-order chi connectivity index (χ1) is 14.2. The molecule has 0 saturated carbocycles. The smallest absolute Gasteiger partial charge is 0.272 e. The highest BCUT2D eigenvalue weighted by molar-refractivity contribution is 5.92. The zero-order valence-electron chi connectivity index (χ0n) is 17.3. The van der Waals surface area contributed by atoms with Crippen molar-refractivity contribution >= 4 is 5.91 Å². The molecule has 152 valence electrons. The van der Waals surface area contributed by atoms with Gasteiger partial charge in [-0.25, -0.2) is 4.98 Å². The van der Waals surface area contributed by atoms with E-state index in [1.54, 1.807) is 12.1 Å². The number of amides is 1. The van der Waals surface area contributed by atoms with Crippen molar-refractivity contribution in [3.05, 3.63) is 65.7 Å². The molecule has 3 heterocycles. The van der Waals surface area contributed by atoms with Crippen LogP contribution in [0.15, 0.2) is 52.9 Å². The molecule has 0 N–H and O–H groups in total. The normalized spacial score (nSPS) is 14.2. The highest BCUT2D eigenvalue weighted by atomic mass is 16.4. The van der Waals surface area contributed by atoms with Crippen LogP contribution in [-0.2, 0) is 6.42 Å². The maximum atomic E-state index is 12.5. The average molecular weight is 393 g/mol. The second-order valence-electron chi connectivity index (χ2n) is 6.94. The van der Waals surface area contributed by atoms with Crippen LogP contribution in [0.2, 0.25) is 0 Å². The highest BCUT2D eigenvalue weighted by Gasteiger charge is 2.22. The van der Waals surface area contributed by atoms with Gasteiger partial charge in [0.15, 0.2) is 0 Å². The largest absolute Gasteiger partial charge is 0.419 e. The lowest BCUT2D eigenvalue weighted by atomic mass is 10.0. The molecule has 6 nitrogen and oxygen atoms in total. The van der Waals surface area contributed by atoms with Crippen LogP contribution in [0.5, 0.6) is 0 Å². The van der Waals surface area contributed by atoms with E-state index in [4.69, 9.17) is 4.42 Å². The third kappa shape index (κ3) is 5.08. The van der Waals surface area contributed by atoms with Crippen molar-refractivity contribution in [1.82, 2.24) is 20.1 Å². The summed E-state index contributed by atoms with van der Waals surface area (Å²) < 4.78 is 5.85. The van der Waals surface area contributed by atoms with Gasteiger partial charge in [0, 0.05) is 19.0 Å². The summed E-state index contributed by atoms with van der Waals surface area (Å²) in [7, 11) is 0. The van der Waals surface area contributed by atoms with Gasteiger partial charge >= 0.3 is 0 Å². The van der Waals surface area contributed by atoms with Gasteiger partial charge in [0.1, 0.15) is 11.4 Å². The number of rotatable bonds is 5. The van der Waals surface area contributed by atoms with E-state index in [0.717, 1.165) is 32.4 Å². The van der Waals surface area contributed by atoms with Crippen molar-refractivity contribution < 1.29 is 9.21 Å². The van der Waals surface area contributed by atoms with E-state index in [0.29, 0.717) is 23.2 Å². The minimum atomic E-state index is -0.0356. The van der Waals surface area contributed by atoms with Crippen molar-refractivity contribution in [2.75, 3.05) is 13.1 Å². The number of carbonyl (C=O) groups excluding carboxylic acids is 1. The molecule has 6 heteroatoms. The molecule has 1 fully saturated rings. The fraction of sp³-hybridized carbons (Fsp3) is 0.391. The van der Waals surface area contributed by atoms with Gasteiger partial charge in [-0.1, -0.05) is 57.2 Å². The molecule has 1 atom stereocenters. The first-order valence-corrected chi connectivity index (χ1v) is 10.3. The topological polar surface area (TPSA) is 72.1 Å². The van der Waals surface area contributed by atoms with Crippen LogP contribution in [0.25, 0.3) is 11.6 Å². The van der Waals surface area contributed by atoms with E-state index < -0.39 is 0 Å². The maximum Gasteiger partial charge on any atom is 0.272 e. The van der Waals surface area contributed by atoms with Crippen LogP contribution in [-0.4, -0.2) is 39.1 Å². The Morgan fingerprint density at radius 1 is 1.03 bits per heavy atom. The molecule has 1 aromatic carbocycles. The number of carbonyl (C=O) groups is 1. The molecule has 0 radical (unpaired) electrons. The van der Waals surface area contributed by atoms with Crippen LogP contribution in [0.1, 0.15) is 61.5 Å². The summed E-state index contributed by atoms with van der Waals surface area (Å²) in [6.45, 7) is 7.66. The molecule has 1 unspecified atom stereocenters. The van der Waals surface area contributed by atoms with Gasteiger partial charge in [0.2, 0.25) is 5.89 Å². The zero-order chi connectivity index (χ0) is 20.6. The van der Waals surface area contributed by atoms with E-state index in [1.165, 1.54) is 5.56 Å². The van der Waals surface area contributed by atoms with Crippen LogP contribution in [0, 0.1) is 0 Å². The molecular weight excluding hydrogens is 364 g/mol. The van der Waals surface area contributed by atoms with Gasteiger partial charge in [0.25, 0.3) is 11.8 Å². The Balaban J connectivity index is 0.00000117. The molecule has 2 aromatic heterocycles. The summed E-state index contributed by atoms with van der Waals surface area (Å²) >= 11 is 0. The molecule has 4 rings (SSSR count). The maximum absolute atomic E-state index is 12.5. The summed E-state index contributed by atoms with van der Waals surface area (Å²) in [5.41, 5.74) is 2.18. The molecule has 0 aliphatic carbocycles. The summed E-state index contributed by atoms with van der Waals surface area (Å²) in [5, 5.41) is 8.33. The van der Waals surface area contributed by atoms with Crippen LogP contribution < -0.4 is 0 Å². The predicted molar refractivity (Wildman–Crippen MR) is 113 cm³/mol. The minimum Gasteiger partial charge on any atom is -0.419 e. The summed E-state index contributed by atoms with van der Waals surface area (Å²) in [5.74, 6) is 0.988. The van der Waals surface area contributed by atoms with E-state index in [1.807, 2.05) is 43.0 Å². The predicted octanol–water partition coefficient (Wildman–Crippen LogP) is 4.74. The van der Waals surface area contributed by atoms with Gasteiger partial charge < -0.3 is 9.32 Å². The standard InChI is InChI=1S/C21H22N4O2.C2H6/c1-15(14-16-8-3-2-4-9-16)19-23-24-20(27-19)17-10-7-11-18(22-17)21(26)25-12-5-6-13-25;1-2/h2-4,7-11,15H,5-6,12-14H2,1H3;1-2H3. The van der Waals surface area contributed by atoms with E-state index in [2.05, 4.69) is 34.2 Å². The van der Waals surface area contributed by atoms with Gasteiger partial charge in [-0.3, -0.25) is 4.79 Å². The summed E-state index contributed by atoms with van der Waals surface area (Å²) in [4.78, 5) is 18.8. The van der Waals surface area contributed by atoms with Gasteiger partial charge in [0.05, 0.1) is 0 Å². The quantitative estimate of drug-likeness (QED) is 0.627. The molecule has 1 saturated heterocycles. The van der Waals surface area contributed by atoms with Crippen molar-refractivity contribution in [3.63, 3.8) is 0 Å². The number of aromatic nitrogens is 3. The molecule has 0 bridgehead atoms. The van der Waals surface area contributed by atoms with E-state index in [-0.39, 0.29) is 11.8 Å². The van der Waals surface area contributed by atoms with Gasteiger partial charge in [-0.2, -0.15) is 0 Å². The fourth-order valence-electron chi connectivity index (χ4n) is 3.35. The Labute approximate surface area is 172 Å². The third-order valence-electron chi connectivity index (χ3n) is 4.83. The molecule has 1 aliphatic rings. The summed E-state index contributed by atoms with van der Waals surface area (Å²) in [6.07, 6.45) is 2.93. The van der Waals surface area contributed by atoms with Crippen molar-refractivity contribution in [3.8, 4) is 11.6 Å². The molecule has 0 spiro atoms. The molecule has 1 amide bonds. The van der Waals surface area contributed by atoms with Crippen LogP contribution in [0.4, 0.5) is 0 Å². The minimum absolute atomic E-state index is 0.0356. The lowest BCUT2D eigenvalue weighted by Crippen LogP contribution is -2.28. The van der Waals surface area contributed by atoms with E-state index in [9.17, 15) is 4.79 Å². The molecular formula is C23H28N4O2. The van der Waals surface area contributed by atoms with Crippen molar-refractivity contribution in [2.24, 2.45) is 0 Å². The number of hydrogen-bond donors (Lipinski definition) is 0. The van der Waals surface area contributed by atoms with E-state index >= 15 is 0 Å². The number of pyridine rings is 1. The van der Waals surface area contributed by atoms with Crippen LogP contribution >= 0.6 is 0 Å². The SMILES string of the molecule is CC.CC(Cc1ccccc1)c1nnc(-c2cccc(C(=O)N3CCCC3)n2)o1.